The lowest BCUT2D eigenvalue weighted by molar-refractivity contribution is -0.385. The van der Waals surface area contributed by atoms with Gasteiger partial charge in [0, 0.05) is 16.2 Å². The van der Waals surface area contributed by atoms with Crippen molar-refractivity contribution in [3.05, 3.63) is 74.1 Å². The fourth-order valence-corrected chi connectivity index (χ4v) is 3.63. The molecule has 0 bridgehead atoms. The van der Waals surface area contributed by atoms with E-state index in [0.717, 1.165) is 10.1 Å². The van der Waals surface area contributed by atoms with Crippen LogP contribution in [0.1, 0.15) is 20.0 Å². The van der Waals surface area contributed by atoms with E-state index < -0.39 is 16.7 Å². The number of nitrogens with zero attached hydrogens (tertiary/aromatic N) is 1. The van der Waals surface area contributed by atoms with Crippen LogP contribution in [-0.4, -0.2) is 16.7 Å². The molecule has 126 valence electrons. The van der Waals surface area contributed by atoms with Gasteiger partial charge >= 0.3 is 0 Å². The van der Waals surface area contributed by atoms with E-state index in [9.17, 15) is 19.7 Å². The lowest BCUT2D eigenvalue weighted by atomic mass is 10.2. The molecular weight excluding hydrogens is 366 g/mol. The van der Waals surface area contributed by atoms with Crippen molar-refractivity contribution in [2.75, 3.05) is 0 Å². The van der Waals surface area contributed by atoms with E-state index in [2.05, 4.69) is 10.9 Å². The van der Waals surface area contributed by atoms with Crippen LogP contribution in [0.5, 0.6) is 0 Å². The second kappa shape index (κ2) is 6.88. The Kier molecular flexibility index (Phi) is 4.64. The molecule has 0 aliphatic heterocycles. The molecule has 0 saturated heterocycles. The van der Waals surface area contributed by atoms with Gasteiger partial charge in [0.05, 0.1) is 9.95 Å². The third kappa shape index (κ3) is 3.30. The van der Waals surface area contributed by atoms with E-state index in [0.29, 0.717) is 0 Å². The first-order valence-corrected chi connectivity index (χ1v) is 8.19. The molecule has 2 N–H and O–H groups in total. The van der Waals surface area contributed by atoms with Gasteiger partial charge in [-0.1, -0.05) is 41.9 Å². The van der Waals surface area contributed by atoms with E-state index in [1.54, 1.807) is 12.1 Å². The zero-order valence-electron chi connectivity index (χ0n) is 12.5. The summed E-state index contributed by atoms with van der Waals surface area (Å²) >= 11 is 7.38. The molecule has 7 nitrogen and oxygen atoms in total. The predicted octanol–water partition coefficient (Wildman–Crippen LogP) is 3.54. The fourth-order valence-electron chi connectivity index (χ4n) is 2.22. The van der Waals surface area contributed by atoms with Gasteiger partial charge in [-0.25, -0.2) is 0 Å². The number of hydrogen-bond donors (Lipinski definition) is 2. The number of para-hydroxylation sites is 1. The lowest BCUT2D eigenvalue weighted by Gasteiger charge is -2.07. The Labute approximate surface area is 150 Å². The average molecular weight is 376 g/mol. The van der Waals surface area contributed by atoms with Crippen LogP contribution in [-0.2, 0) is 0 Å². The molecule has 2 amide bonds. The van der Waals surface area contributed by atoms with Crippen LogP contribution in [0.25, 0.3) is 10.1 Å². The van der Waals surface area contributed by atoms with Crippen molar-refractivity contribution < 1.29 is 14.5 Å². The number of fused-ring (bicyclic) bond motifs is 1. The van der Waals surface area contributed by atoms with Crippen molar-refractivity contribution in [2.24, 2.45) is 0 Å². The minimum absolute atomic E-state index is 0.157. The number of carbonyl (C=O) groups excluding carboxylic acids is 2. The van der Waals surface area contributed by atoms with Gasteiger partial charge in [0.1, 0.15) is 10.4 Å². The maximum absolute atomic E-state index is 12.3. The Bertz CT molecular complexity index is 1000. The molecule has 0 aliphatic rings. The second-order valence-corrected chi connectivity index (χ2v) is 6.35. The van der Waals surface area contributed by atoms with Crippen molar-refractivity contribution in [1.29, 1.82) is 0 Å². The number of hydrogen-bond acceptors (Lipinski definition) is 5. The summed E-state index contributed by atoms with van der Waals surface area (Å²) in [7, 11) is 0. The van der Waals surface area contributed by atoms with Gasteiger partial charge in [0.15, 0.2) is 0 Å². The van der Waals surface area contributed by atoms with Gasteiger partial charge in [0.25, 0.3) is 17.5 Å². The topological polar surface area (TPSA) is 101 Å². The van der Waals surface area contributed by atoms with Gasteiger partial charge in [-0.15, -0.1) is 11.3 Å². The zero-order valence-corrected chi connectivity index (χ0v) is 14.1. The van der Waals surface area contributed by atoms with Crippen molar-refractivity contribution >= 4 is 50.5 Å². The summed E-state index contributed by atoms with van der Waals surface area (Å²) in [6, 6.07) is 12.7. The summed E-state index contributed by atoms with van der Waals surface area (Å²) in [5.74, 6) is -1.39. The molecule has 0 radical (unpaired) electrons. The second-order valence-electron chi connectivity index (χ2n) is 4.92. The molecule has 3 rings (SSSR count). The van der Waals surface area contributed by atoms with Gasteiger partial charge in [-0.3, -0.25) is 30.6 Å². The number of thiophene rings is 1. The van der Waals surface area contributed by atoms with Crippen LogP contribution in [0.4, 0.5) is 5.69 Å². The molecule has 0 atom stereocenters. The molecule has 1 heterocycles. The third-order valence-electron chi connectivity index (χ3n) is 3.38. The first-order valence-electron chi connectivity index (χ1n) is 7.00. The van der Waals surface area contributed by atoms with E-state index in [1.165, 1.54) is 35.6 Å². The Balaban J connectivity index is 1.77. The summed E-state index contributed by atoms with van der Waals surface area (Å²) in [6.45, 7) is 0. The van der Waals surface area contributed by atoms with Crippen LogP contribution < -0.4 is 10.9 Å². The van der Waals surface area contributed by atoms with Gasteiger partial charge < -0.3 is 0 Å². The number of hydrazine groups is 1. The van der Waals surface area contributed by atoms with Gasteiger partial charge in [0.2, 0.25) is 0 Å². The van der Waals surface area contributed by atoms with Crippen LogP contribution in [0.15, 0.2) is 48.5 Å². The SMILES string of the molecule is O=C(NNC(=O)c1sc2ccccc2c1Cl)c1ccccc1[N+](=O)[O-]. The average Bonchev–Trinajstić information content (AvgIpc) is 2.96. The zero-order chi connectivity index (χ0) is 18.0. The number of rotatable bonds is 3. The van der Waals surface area contributed by atoms with Crippen molar-refractivity contribution in [2.45, 2.75) is 0 Å². The molecule has 1 aromatic heterocycles. The molecule has 0 fully saturated rings. The van der Waals surface area contributed by atoms with Crippen LogP contribution in [0.2, 0.25) is 5.02 Å². The molecule has 2 aromatic carbocycles. The van der Waals surface area contributed by atoms with Crippen LogP contribution in [0, 0.1) is 10.1 Å². The van der Waals surface area contributed by atoms with Gasteiger partial charge in [-0.2, -0.15) is 0 Å². The Morgan fingerprint density at radius 3 is 2.36 bits per heavy atom. The minimum Gasteiger partial charge on any atom is -0.267 e. The number of amides is 2. The monoisotopic (exact) mass is 375 g/mol. The largest absolute Gasteiger partial charge is 0.282 e. The molecule has 0 aliphatic carbocycles. The van der Waals surface area contributed by atoms with Crippen molar-refractivity contribution in [3.63, 3.8) is 0 Å². The maximum atomic E-state index is 12.3. The number of carbonyl (C=O) groups is 2. The van der Waals surface area contributed by atoms with E-state index in [1.807, 2.05) is 12.1 Å². The maximum Gasteiger partial charge on any atom is 0.282 e. The Hall–Kier alpha value is -2.97. The number of benzene rings is 2. The van der Waals surface area contributed by atoms with Crippen molar-refractivity contribution in [3.8, 4) is 0 Å². The molecule has 0 saturated carbocycles. The quantitative estimate of drug-likeness (QED) is 0.540. The first kappa shape index (κ1) is 16.9. The highest BCUT2D eigenvalue weighted by atomic mass is 35.5. The first-order chi connectivity index (χ1) is 12.0. The highest BCUT2D eigenvalue weighted by Gasteiger charge is 2.21. The molecule has 0 unspecified atom stereocenters. The summed E-state index contributed by atoms with van der Waals surface area (Å²) < 4.78 is 0.836. The number of nitrogens with one attached hydrogen (secondary N) is 2. The summed E-state index contributed by atoms with van der Waals surface area (Å²) in [4.78, 5) is 34.9. The molecule has 9 heteroatoms. The van der Waals surface area contributed by atoms with Crippen LogP contribution >= 0.6 is 22.9 Å². The van der Waals surface area contributed by atoms with E-state index >= 15 is 0 Å². The van der Waals surface area contributed by atoms with E-state index in [-0.39, 0.29) is 21.2 Å². The Morgan fingerprint density at radius 2 is 1.64 bits per heavy atom. The number of nitro groups is 1. The summed E-state index contributed by atoms with van der Waals surface area (Å²) in [5, 5.41) is 12.0. The van der Waals surface area contributed by atoms with Crippen LogP contribution in [0.3, 0.4) is 0 Å². The summed E-state index contributed by atoms with van der Waals surface area (Å²) in [6.07, 6.45) is 0. The Morgan fingerprint density at radius 1 is 1.00 bits per heavy atom. The lowest BCUT2D eigenvalue weighted by Crippen LogP contribution is -2.41. The van der Waals surface area contributed by atoms with Crippen molar-refractivity contribution in [1.82, 2.24) is 10.9 Å². The minimum atomic E-state index is -0.794. The van der Waals surface area contributed by atoms with E-state index in [4.69, 9.17) is 11.6 Å². The number of halogens is 1. The van der Waals surface area contributed by atoms with Gasteiger partial charge in [-0.05, 0) is 12.1 Å². The highest BCUT2D eigenvalue weighted by molar-refractivity contribution is 7.21. The predicted molar refractivity (Wildman–Crippen MR) is 94.9 cm³/mol. The highest BCUT2D eigenvalue weighted by Crippen LogP contribution is 2.34. The molecule has 0 spiro atoms. The third-order valence-corrected chi connectivity index (χ3v) is 5.05. The standard InChI is InChI=1S/C16H10ClN3O4S/c17-13-10-6-2-4-8-12(10)25-14(13)16(22)19-18-15(21)9-5-1-3-7-11(9)20(23)24/h1-8H,(H,18,21)(H,19,22). The molecule has 3 aromatic rings. The summed E-state index contributed by atoms with van der Waals surface area (Å²) in [5.41, 5.74) is 3.89. The smallest absolute Gasteiger partial charge is 0.267 e. The molecular formula is C16H10ClN3O4S. The number of nitro benzene ring substituents is 1. The fraction of sp³-hybridized carbons (Fsp3) is 0. The normalized spacial score (nSPS) is 10.4. The molecule has 25 heavy (non-hydrogen) atoms.